The summed E-state index contributed by atoms with van der Waals surface area (Å²) in [6.07, 6.45) is 2.23. The molecule has 0 saturated carbocycles. The first-order valence-corrected chi connectivity index (χ1v) is 6.33. The summed E-state index contributed by atoms with van der Waals surface area (Å²) in [5, 5.41) is 0.670. The van der Waals surface area contributed by atoms with Crippen LogP contribution in [0.2, 0.25) is 0 Å². The van der Waals surface area contributed by atoms with Crippen LogP contribution < -0.4 is 11.5 Å². The van der Waals surface area contributed by atoms with Crippen LogP contribution in [0.3, 0.4) is 0 Å². The highest BCUT2D eigenvalue weighted by atomic mass is 32.2. The van der Waals surface area contributed by atoms with Gasteiger partial charge in [-0.1, -0.05) is 11.8 Å². The molecule has 1 saturated heterocycles. The van der Waals surface area contributed by atoms with Crippen LogP contribution in [0.5, 0.6) is 0 Å². The van der Waals surface area contributed by atoms with Gasteiger partial charge in [-0.25, -0.2) is 9.97 Å². The summed E-state index contributed by atoms with van der Waals surface area (Å²) in [4.78, 5) is 8.27. The molecule has 5 nitrogen and oxygen atoms in total. The Kier molecular flexibility index (Phi) is 3.84. The highest BCUT2D eigenvalue weighted by Gasteiger charge is 2.14. The van der Waals surface area contributed by atoms with E-state index >= 15 is 0 Å². The molecule has 88 valence electrons. The van der Waals surface area contributed by atoms with Crippen LogP contribution in [-0.4, -0.2) is 28.9 Å². The molecule has 0 aromatic carbocycles. The monoisotopic (exact) mass is 240 g/mol. The van der Waals surface area contributed by atoms with E-state index in [-0.39, 0.29) is 0 Å². The van der Waals surface area contributed by atoms with E-state index in [1.54, 1.807) is 17.8 Å². The Morgan fingerprint density at radius 1 is 1.25 bits per heavy atom. The van der Waals surface area contributed by atoms with Gasteiger partial charge in [0.2, 0.25) is 0 Å². The fourth-order valence-corrected chi connectivity index (χ4v) is 2.69. The maximum atomic E-state index is 5.60. The van der Waals surface area contributed by atoms with Gasteiger partial charge in [0.15, 0.2) is 5.16 Å². The number of nitrogen functional groups attached to an aromatic ring is 2. The number of rotatable bonds is 3. The van der Waals surface area contributed by atoms with Gasteiger partial charge in [-0.2, -0.15) is 0 Å². The van der Waals surface area contributed by atoms with E-state index < -0.39 is 0 Å². The predicted octanol–water partition coefficient (Wildman–Crippen LogP) is 1.16. The Hall–Kier alpha value is -1.01. The zero-order valence-electron chi connectivity index (χ0n) is 9.06. The van der Waals surface area contributed by atoms with Crippen LogP contribution in [-0.2, 0) is 4.74 Å². The minimum atomic E-state index is 0.432. The van der Waals surface area contributed by atoms with E-state index in [0.717, 1.165) is 31.8 Å². The molecule has 0 radical (unpaired) electrons. The normalized spacial score (nSPS) is 17.5. The maximum Gasteiger partial charge on any atom is 0.191 e. The molecule has 0 spiro atoms. The molecule has 1 aromatic heterocycles. The molecule has 0 aliphatic carbocycles. The number of hydrogen-bond acceptors (Lipinski definition) is 6. The van der Waals surface area contributed by atoms with Crippen molar-refractivity contribution in [2.75, 3.05) is 30.4 Å². The van der Waals surface area contributed by atoms with Crippen molar-refractivity contribution in [2.45, 2.75) is 18.0 Å². The lowest BCUT2D eigenvalue weighted by Crippen LogP contribution is -2.17. The highest BCUT2D eigenvalue weighted by molar-refractivity contribution is 7.99. The average Bonchev–Trinajstić information content (AvgIpc) is 2.27. The third kappa shape index (κ3) is 3.24. The minimum absolute atomic E-state index is 0.432. The quantitative estimate of drug-likeness (QED) is 0.609. The zero-order chi connectivity index (χ0) is 11.4. The van der Waals surface area contributed by atoms with Gasteiger partial charge in [0.25, 0.3) is 0 Å². The lowest BCUT2D eigenvalue weighted by Gasteiger charge is -2.21. The molecule has 6 heteroatoms. The molecule has 2 rings (SSSR count). The number of anilines is 2. The number of aromatic nitrogens is 2. The highest BCUT2D eigenvalue weighted by Crippen LogP contribution is 2.24. The molecule has 0 bridgehead atoms. The molecule has 1 aliphatic rings. The van der Waals surface area contributed by atoms with E-state index in [9.17, 15) is 0 Å². The van der Waals surface area contributed by atoms with Gasteiger partial charge in [0.05, 0.1) is 0 Å². The van der Waals surface area contributed by atoms with E-state index in [1.807, 2.05) is 0 Å². The van der Waals surface area contributed by atoms with Gasteiger partial charge in [0, 0.05) is 25.0 Å². The van der Waals surface area contributed by atoms with E-state index in [2.05, 4.69) is 9.97 Å². The molecular weight excluding hydrogens is 224 g/mol. The van der Waals surface area contributed by atoms with Crippen LogP contribution in [0.1, 0.15) is 12.8 Å². The Morgan fingerprint density at radius 2 is 1.88 bits per heavy atom. The fraction of sp³-hybridized carbons (Fsp3) is 0.600. The average molecular weight is 240 g/mol. The molecule has 1 fully saturated rings. The van der Waals surface area contributed by atoms with Crippen molar-refractivity contribution in [2.24, 2.45) is 5.92 Å². The first-order chi connectivity index (χ1) is 7.74. The van der Waals surface area contributed by atoms with Crippen molar-refractivity contribution in [1.29, 1.82) is 0 Å². The van der Waals surface area contributed by atoms with Crippen molar-refractivity contribution >= 4 is 23.4 Å². The Morgan fingerprint density at radius 3 is 2.50 bits per heavy atom. The summed E-state index contributed by atoms with van der Waals surface area (Å²) in [6, 6.07) is 1.57. The summed E-state index contributed by atoms with van der Waals surface area (Å²) >= 11 is 1.62. The van der Waals surface area contributed by atoms with Crippen LogP contribution in [0.25, 0.3) is 0 Å². The van der Waals surface area contributed by atoms with Gasteiger partial charge in [-0.05, 0) is 18.8 Å². The minimum Gasteiger partial charge on any atom is -0.383 e. The first kappa shape index (κ1) is 11.5. The molecule has 2 heterocycles. The van der Waals surface area contributed by atoms with Crippen LogP contribution in [0.4, 0.5) is 11.6 Å². The Bertz CT molecular complexity index is 334. The first-order valence-electron chi connectivity index (χ1n) is 5.34. The molecule has 0 atom stereocenters. The molecule has 0 amide bonds. The number of ether oxygens (including phenoxy) is 1. The molecule has 1 aromatic rings. The lowest BCUT2D eigenvalue weighted by molar-refractivity contribution is 0.0728. The summed E-state index contributed by atoms with van der Waals surface area (Å²) in [5.41, 5.74) is 11.2. The van der Waals surface area contributed by atoms with E-state index in [0.29, 0.717) is 22.7 Å². The number of thioether (sulfide) groups is 1. The van der Waals surface area contributed by atoms with Gasteiger partial charge in [-0.3, -0.25) is 0 Å². The fourth-order valence-electron chi connectivity index (χ4n) is 1.63. The van der Waals surface area contributed by atoms with Gasteiger partial charge < -0.3 is 16.2 Å². The van der Waals surface area contributed by atoms with E-state index in [1.165, 1.54) is 0 Å². The molecule has 1 aliphatic heterocycles. The number of nitrogens with two attached hydrogens (primary N) is 2. The zero-order valence-corrected chi connectivity index (χ0v) is 9.87. The van der Waals surface area contributed by atoms with Gasteiger partial charge in [0.1, 0.15) is 11.6 Å². The smallest absolute Gasteiger partial charge is 0.191 e. The predicted molar refractivity (Wildman–Crippen MR) is 65.1 cm³/mol. The second-order valence-corrected chi connectivity index (χ2v) is 4.85. The van der Waals surface area contributed by atoms with Crippen molar-refractivity contribution in [3.8, 4) is 0 Å². The summed E-state index contributed by atoms with van der Waals surface area (Å²) in [7, 11) is 0. The van der Waals surface area contributed by atoms with Crippen LogP contribution in [0, 0.1) is 5.92 Å². The van der Waals surface area contributed by atoms with Crippen molar-refractivity contribution in [3.05, 3.63) is 6.07 Å². The maximum absolute atomic E-state index is 5.60. The molecular formula is C10H16N4OS. The second kappa shape index (κ2) is 5.36. The van der Waals surface area contributed by atoms with Gasteiger partial charge >= 0.3 is 0 Å². The molecule has 4 N–H and O–H groups in total. The third-order valence-electron chi connectivity index (χ3n) is 2.53. The standard InChI is InChI=1S/C10H16N4OS/c11-8-5-9(12)14-10(13-8)16-6-7-1-3-15-4-2-7/h5,7H,1-4,6H2,(H4,11,12,13,14). The largest absolute Gasteiger partial charge is 0.383 e. The van der Waals surface area contributed by atoms with Crippen molar-refractivity contribution < 1.29 is 4.74 Å². The Balaban J connectivity index is 1.88. The number of hydrogen-bond donors (Lipinski definition) is 2. The van der Waals surface area contributed by atoms with Crippen LogP contribution >= 0.6 is 11.8 Å². The summed E-state index contributed by atoms with van der Waals surface area (Å²) in [5.74, 6) is 2.56. The topological polar surface area (TPSA) is 87.1 Å². The summed E-state index contributed by atoms with van der Waals surface area (Å²) < 4.78 is 5.31. The van der Waals surface area contributed by atoms with Crippen LogP contribution in [0.15, 0.2) is 11.2 Å². The lowest BCUT2D eigenvalue weighted by atomic mass is 10.0. The van der Waals surface area contributed by atoms with E-state index in [4.69, 9.17) is 16.2 Å². The van der Waals surface area contributed by atoms with Crippen molar-refractivity contribution in [1.82, 2.24) is 9.97 Å². The third-order valence-corrected chi connectivity index (χ3v) is 3.61. The second-order valence-electron chi connectivity index (χ2n) is 3.87. The SMILES string of the molecule is Nc1cc(N)nc(SCC2CCOCC2)n1. The molecule has 16 heavy (non-hydrogen) atoms. The summed E-state index contributed by atoms with van der Waals surface area (Å²) in [6.45, 7) is 1.73. The van der Waals surface area contributed by atoms with Crippen molar-refractivity contribution in [3.63, 3.8) is 0 Å². The van der Waals surface area contributed by atoms with Gasteiger partial charge in [-0.15, -0.1) is 0 Å². The molecule has 0 unspecified atom stereocenters. The Labute approximate surface area is 99.0 Å². The number of nitrogens with zero attached hydrogens (tertiary/aromatic N) is 2.